The Morgan fingerprint density at radius 1 is 1.05 bits per heavy atom. The lowest BCUT2D eigenvalue weighted by Gasteiger charge is -2.35. The number of benzene rings is 2. The van der Waals surface area contributed by atoms with Gasteiger partial charge >= 0.3 is 0 Å². The van der Waals surface area contributed by atoms with Crippen LogP contribution in [0.15, 0.2) is 54.6 Å². The first kappa shape index (κ1) is 12.9. The molecule has 1 aliphatic carbocycles. The van der Waals surface area contributed by atoms with Gasteiger partial charge in [-0.1, -0.05) is 42.5 Å². The van der Waals surface area contributed by atoms with Crippen LogP contribution in [0.5, 0.6) is 0 Å². The summed E-state index contributed by atoms with van der Waals surface area (Å²) in [6, 6.07) is 20.4. The van der Waals surface area contributed by atoms with Gasteiger partial charge in [-0.05, 0) is 42.0 Å². The maximum absolute atomic E-state index is 8.92. The number of hydrogen-bond donors (Lipinski definition) is 0. The molecule has 0 aromatic heterocycles. The third-order valence-corrected chi connectivity index (χ3v) is 3.91. The largest absolute Gasteiger partial charge is 0.373 e. The average molecular weight is 263 g/mol. The number of ether oxygens (including phenoxy) is 1. The zero-order valence-corrected chi connectivity index (χ0v) is 11.3. The number of nitriles is 1. The van der Waals surface area contributed by atoms with Crippen molar-refractivity contribution in [3.63, 3.8) is 0 Å². The highest BCUT2D eigenvalue weighted by molar-refractivity contribution is 5.35. The maximum Gasteiger partial charge on any atom is 0.0991 e. The smallest absolute Gasteiger partial charge is 0.0991 e. The summed E-state index contributed by atoms with van der Waals surface area (Å²) in [7, 11) is 0. The monoisotopic (exact) mass is 263 g/mol. The Kier molecular flexibility index (Phi) is 3.80. The van der Waals surface area contributed by atoms with Gasteiger partial charge in [0.15, 0.2) is 0 Å². The summed E-state index contributed by atoms with van der Waals surface area (Å²) in [5.41, 5.74) is 3.24. The molecule has 2 aromatic carbocycles. The van der Waals surface area contributed by atoms with Crippen LogP contribution in [0.1, 0.15) is 35.4 Å². The summed E-state index contributed by atoms with van der Waals surface area (Å²) in [6.07, 6.45) is 2.47. The molecule has 2 aromatic rings. The highest BCUT2D eigenvalue weighted by Crippen LogP contribution is 2.39. The predicted molar refractivity (Wildman–Crippen MR) is 78.2 cm³/mol. The second-order valence-corrected chi connectivity index (χ2v) is 5.32. The van der Waals surface area contributed by atoms with E-state index in [4.69, 9.17) is 10.00 Å². The maximum atomic E-state index is 8.92. The molecule has 3 rings (SSSR count). The molecule has 0 atom stereocenters. The SMILES string of the molecule is N#Cc1cccc(C2CC(OCc3ccccc3)C2)c1. The van der Waals surface area contributed by atoms with Crippen LogP contribution in [0.25, 0.3) is 0 Å². The highest BCUT2D eigenvalue weighted by atomic mass is 16.5. The molecule has 20 heavy (non-hydrogen) atoms. The van der Waals surface area contributed by atoms with Gasteiger partial charge in [-0.25, -0.2) is 0 Å². The van der Waals surface area contributed by atoms with Crippen LogP contribution in [-0.2, 0) is 11.3 Å². The number of rotatable bonds is 4. The van der Waals surface area contributed by atoms with Crippen molar-refractivity contribution >= 4 is 0 Å². The predicted octanol–water partition coefficient (Wildman–Crippen LogP) is 4.02. The second-order valence-electron chi connectivity index (χ2n) is 5.32. The van der Waals surface area contributed by atoms with E-state index in [-0.39, 0.29) is 0 Å². The lowest BCUT2D eigenvalue weighted by Crippen LogP contribution is -2.29. The van der Waals surface area contributed by atoms with Gasteiger partial charge in [0.2, 0.25) is 0 Å². The first-order chi connectivity index (χ1) is 9.85. The molecule has 0 heterocycles. The van der Waals surface area contributed by atoms with E-state index >= 15 is 0 Å². The molecule has 0 N–H and O–H groups in total. The summed E-state index contributed by atoms with van der Waals surface area (Å²) in [5, 5.41) is 8.92. The zero-order chi connectivity index (χ0) is 13.8. The normalized spacial score (nSPS) is 20.9. The minimum atomic E-state index is 0.353. The van der Waals surface area contributed by atoms with Crippen LogP contribution in [-0.4, -0.2) is 6.10 Å². The molecule has 0 saturated heterocycles. The van der Waals surface area contributed by atoms with E-state index in [1.54, 1.807) is 0 Å². The summed E-state index contributed by atoms with van der Waals surface area (Å²) in [5.74, 6) is 0.545. The first-order valence-corrected chi connectivity index (χ1v) is 7.01. The molecule has 2 heteroatoms. The van der Waals surface area contributed by atoms with Crippen molar-refractivity contribution in [1.29, 1.82) is 5.26 Å². The van der Waals surface area contributed by atoms with Crippen LogP contribution in [0.4, 0.5) is 0 Å². The highest BCUT2D eigenvalue weighted by Gasteiger charge is 2.31. The third-order valence-electron chi connectivity index (χ3n) is 3.91. The minimum absolute atomic E-state index is 0.353. The Hall–Kier alpha value is -2.11. The summed E-state index contributed by atoms with van der Waals surface area (Å²) in [6.45, 7) is 0.691. The van der Waals surface area contributed by atoms with Crippen LogP contribution in [0, 0.1) is 11.3 Å². The quantitative estimate of drug-likeness (QED) is 0.834. The van der Waals surface area contributed by atoms with Crippen LogP contribution < -0.4 is 0 Å². The lowest BCUT2D eigenvalue weighted by molar-refractivity contribution is -0.0207. The van der Waals surface area contributed by atoms with Crippen molar-refractivity contribution in [2.24, 2.45) is 0 Å². The molecule has 0 bridgehead atoms. The fourth-order valence-electron chi connectivity index (χ4n) is 2.62. The topological polar surface area (TPSA) is 33.0 Å². The van der Waals surface area contributed by atoms with Crippen LogP contribution >= 0.6 is 0 Å². The van der Waals surface area contributed by atoms with Crippen molar-refractivity contribution < 1.29 is 4.74 Å². The number of hydrogen-bond acceptors (Lipinski definition) is 2. The molecular weight excluding hydrogens is 246 g/mol. The molecule has 100 valence electrons. The Balaban J connectivity index is 1.50. The van der Waals surface area contributed by atoms with E-state index in [1.165, 1.54) is 11.1 Å². The fourth-order valence-corrected chi connectivity index (χ4v) is 2.62. The van der Waals surface area contributed by atoms with Crippen LogP contribution in [0.3, 0.4) is 0 Å². The van der Waals surface area contributed by atoms with E-state index in [1.807, 2.05) is 36.4 Å². The van der Waals surface area contributed by atoms with Gasteiger partial charge in [0.25, 0.3) is 0 Å². The fraction of sp³-hybridized carbons (Fsp3) is 0.278. The standard InChI is InChI=1S/C18H17NO/c19-12-15-7-4-8-16(9-15)17-10-18(11-17)20-13-14-5-2-1-3-6-14/h1-9,17-18H,10-11,13H2. The average Bonchev–Trinajstić information content (AvgIpc) is 2.47. The van der Waals surface area contributed by atoms with Crippen LogP contribution in [0.2, 0.25) is 0 Å². The summed E-state index contributed by atoms with van der Waals surface area (Å²) >= 11 is 0. The van der Waals surface area contributed by atoms with Gasteiger partial charge in [-0.2, -0.15) is 5.26 Å². The van der Waals surface area contributed by atoms with E-state index in [2.05, 4.69) is 24.3 Å². The Morgan fingerprint density at radius 3 is 2.60 bits per heavy atom. The first-order valence-electron chi connectivity index (χ1n) is 7.01. The molecule has 0 amide bonds. The molecule has 2 nitrogen and oxygen atoms in total. The Labute approximate surface area is 119 Å². The van der Waals surface area contributed by atoms with Gasteiger partial charge in [0.1, 0.15) is 0 Å². The van der Waals surface area contributed by atoms with Crippen molar-refractivity contribution in [2.45, 2.75) is 31.5 Å². The molecule has 0 unspecified atom stereocenters. The molecule has 1 aliphatic rings. The Morgan fingerprint density at radius 2 is 1.85 bits per heavy atom. The van der Waals surface area contributed by atoms with Gasteiger partial charge < -0.3 is 4.74 Å². The third kappa shape index (κ3) is 2.89. The van der Waals surface area contributed by atoms with Gasteiger partial charge in [-0.3, -0.25) is 0 Å². The van der Waals surface area contributed by atoms with Gasteiger partial charge in [0.05, 0.1) is 24.3 Å². The zero-order valence-electron chi connectivity index (χ0n) is 11.3. The second kappa shape index (κ2) is 5.90. The molecule has 0 radical (unpaired) electrons. The van der Waals surface area contributed by atoms with Crippen molar-refractivity contribution in [3.8, 4) is 6.07 Å². The minimum Gasteiger partial charge on any atom is -0.373 e. The Bertz CT molecular complexity index is 609. The van der Waals surface area contributed by atoms with Crippen molar-refractivity contribution in [2.75, 3.05) is 0 Å². The van der Waals surface area contributed by atoms with Gasteiger partial charge in [-0.15, -0.1) is 0 Å². The van der Waals surface area contributed by atoms with E-state index in [9.17, 15) is 0 Å². The molecule has 0 aliphatic heterocycles. The molecular formula is C18H17NO. The van der Waals surface area contributed by atoms with E-state index in [0.717, 1.165) is 18.4 Å². The van der Waals surface area contributed by atoms with E-state index < -0.39 is 0 Å². The molecule has 1 saturated carbocycles. The lowest BCUT2D eigenvalue weighted by atomic mass is 9.77. The summed E-state index contributed by atoms with van der Waals surface area (Å²) in [4.78, 5) is 0. The van der Waals surface area contributed by atoms with E-state index in [0.29, 0.717) is 18.6 Å². The van der Waals surface area contributed by atoms with Crippen molar-refractivity contribution in [1.82, 2.24) is 0 Å². The molecule has 1 fully saturated rings. The van der Waals surface area contributed by atoms with Gasteiger partial charge in [0, 0.05) is 0 Å². The van der Waals surface area contributed by atoms with Crippen molar-refractivity contribution in [3.05, 3.63) is 71.3 Å². The number of nitrogens with zero attached hydrogens (tertiary/aromatic N) is 1. The summed E-state index contributed by atoms with van der Waals surface area (Å²) < 4.78 is 5.91. The molecule has 0 spiro atoms.